The molecule has 0 spiro atoms. The molecule has 1 aliphatic carbocycles. The van der Waals surface area contributed by atoms with Crippen LogP contribution in [0.1, 0.15) is 51.0 Å². The van der Waals surface area contributed by atoms with Crippen LogP contribution < -0.4 is 5.32 Å². The van der Waals surface area contributed by atoms with E-state index in [1.807, 2.05) is 0 Å². The average molecular weight is 257 g/mol. The van der Waals surface area contributed by atoms with Gasteiger partial charge in [-0.3, -0.25) is 0 Å². The molecule has 1 N–H and O–H groups in total. The molecule has 1 aromatic carbocycles. The molecule has 1 nitrogen and oxygen atoms in total. The molecule has 0 radical (unpaired) electrons. The fraction of sp³-hybridized carbons (Fsp3) is 0.556. The van der Waals surface area contributed by atoms with Crippen LogP contribution in [0.4, 0.5) is 0 Å². The number of benzene rings is 1. The zero-order chi connectivity index (χ0) is 13.6. The minimum absolute atomic E-state index is 0.309. The zero-order valence-corrected chi connectivity index (χ0v) is 12.2. The Balaban J connectivity index is 2.34. The SMILES string of the molecule is C=CCC(NCC)C1(c2ccccc2)CCCCC1. The first-order valence-electron chi connectivity index (χ1n) is 7.73. The number of likely N-dealkylation sites (N-methyl/N-ethyl adjacent to an activating group) is 1. The van der Waals surface area contributed by atoms with Gasteiger partial charge < -0.3 is 5.32 Å². The Morgan fingerprint density at radius 2 is 1.89 bits per heavy atom. The van der Waals surface area contributed by atoms with Gasteiger partial charge in [-0.2, -0.15) is 0 Å². The van der Waals surface area contributed by atoms with Gasteiger partial charge in [-0.25, -0.2) is 0 Å². The van der Waals surface area contributed by atoms with Crippen molar-refractivity contribution >= 4 is 0 Å². The molecular weight excluding hydrogens is 230 g/mol. The van der Waals surface area contributed by atoms with Gasteiger partial charge in [-0.15, -0.1) is 6.58 Å². The molecule has 1 saturated carbocycles. The van der Waals surface area contributed by atoms with Crippen LogP contribution in [0, 0.1) is 0 Å². The maximum atomic E-state index is 3.96. The fourth-order valence-corrected chi connectivity index (χ4v) is 3.71. The largest absolute Gasteiger partial charge is 0.313 e. The van der Waals surface area contributed by atoms with Crippen LogP contribution >= 0.6 is 0 Å². The topological polar surface area (TPSA) is 12.0 Å². The van der Waals surface area contributed by atoms with Crippen LogP contribution in [-0.4, -0.2) is 12.6 Å². The van der Waals surface area contributed by atoms with E-state index in [0.717, 1.165) is 13.0 Å². The van der Waals surface area contributed by atoms with Crippen molar-refractivity contribution in [3.05, 3.63) is 48.6 Å². The molecule has 0 amide bonds. The Bertz CT molecular complexity index is 376. The van der Waals surface area contributed by atoms with E-state index in [4.69, 9.17) is 0 Å². The molecule has 19 heavy (non-hydrogen) atoms. The highest BCUT2D eigenvalue weighted by Gasteiger charge is 2.40. The summed E-state index contributed by atoms with van der Waals surface area (Å²) < 4.78 is 0. The summed E-state index contributed by atoms with van der Waals surface area (Å²) in [6, 6.07) is 11.6. The molecule has 0 saturated heterocycles. The van der Waals surface area contributed by atoms with Crippen molar-refractivity contribution in [2.45, 2.75) is 56.9 Å². The third kappa shape index (κ3) is 3.09. The normalized spacial score (nSPS) is 19.8. The summed E-state index contributed by atoms with van der Waals surface area (Å²) in [5.41, 5.74) is 1.83. The minimum Gasteiger partial charge on any atom is -0.313 e. The van der Waals surface area contributed by atoms with Gasteiger partial charge in [0.2, 0.25) is 0 Å². The Morgan fingerprint density at radius 3 is 2.47 bits per heavy atom. The van der Waals surface area contributed by atoms with Gasteiger partial charge in [0, 0.05) is 11.5 Å². The van der Waals surface area contributed by atoms with Gasteiger partial charge in [-0.1, -0.05) is 62.6 Å². The molecule has 0 heterocycles. The van der Waals surface area contributed by atoms with Crippen LogP contribution in [0.3, 0.4) is 0 Å². The van der Waals surface area contributed by atoms with Crippen LogP contribution in [0.25, 0.3) is 0 Å². The van der Waals surface area contributed by atoms with Crippen LogP contribution in [0.2, 0.25) is 0 Å². The van der Waals surface area contributed by atoms with Crippen molar-refractivity contribution in [2.75, 3.05) is 6.54 Å². The molecule has 1 unspecified atom stereocenters. The van der Waals surface area contributed by atoms with Crippen LogP contribution in [-0.2, 0) is 5.41 Å². The second kappa shape index (κ2) is 6.91. The highest BCUT2D eigenvalue weighted by molar-refractivity contribution is 5.29. The van der Waals surface area contributed by atoms with E-state index < -0.39 is 0 Å². The second-order valence-corrected chi connectivity index (χ2v) is 5.72. The van der Waals surface area contributed by atoms with E-state index in [1.165, 1.54) is 37.7 Å². The molecule has 1 aromatic rings. The van der Waals surface area contributed by atoms with E-state index >= 15 is 0 Å². The number of rotatable bonds is 6. The van der Waals surface area contributed by atoms with Gasteiger partial charge in [0.25, 0.3) is 0 Å². The smallest absolute Gasteiger partial charge is 0.0198 e. The molecule has 1 aliphatic rings. The molecule has 104 valence electrons. The number of nitrogens with one attached hydrogen (secondary N) is 1. The maximum absolute atomic E-state index is 3.96. The van der Waals surface area contributed by atoms with Gasteiger partial charge in [-0.05, 0) is 31.4 Å². The zero-order valence-electron chi connectivity index (χ0n) is 12.2. The lowest BCUT2D eigenvalue weighted by molar-refractivity contribution is 0.214. The van der Waals surface area contributed by atoms with E-state index in [2.05, 4.69) is 55.2 Å². The molecule has 1 atom stereocenters. The summed E-state index contributed by atoms with van der Waals surface area (Å²) in [6.45, 7) is 7.20. The van der Waals surface area contributed by atoms with Crippen molar-refractivity contribution < 1.29 is 0 Å². The Kier molecular flexibility index (Phi) is 5.21. The van der Waals surface area contributed by atoms with Crippen molar-refractivity contribution in [1.29, 1.82) is 0 Å². The molecule has 0 aromatic heterocycles. The average Bonchev–Trinajstić information content (AvgIpc) is 2.49. The van der Waals surface area contributed by atoms with Gasteiger partial charge in [0.05, 0.1) is 0 Å². The maximum Gasteiger partial charge on any atom is 0.0198 e. The molecule has 0 bridgehead atoms. The molecule has 2 rings (SSSR count). The Morgan fingerprint density at radius 1 is 1.21 bits per heavy atom. The third-order valence-corrected chi connectivity index (χ3v) is 4.61. The van der Waals surface area contributed by atoms with E-state index in [-0.39, 0.29) is 0 Å². The standard InChI is InChI=1S/C18H27N/c1-3-11-17(19-4-2)18(14-9-6-10-15-18)16-12-7-5-8-13-16/h3,5,7-8,12-13,17,19H,1,4,6,9-11,14-15H2,2H3. The minimum atomic E-state index is 0.309. The summed E-state index contributed by atoms with van der Waals surface area (Å²) in [7, 11) is 0. The summed E-state index contributed by atoms with van der Waals surface area (Å²) in [6.07, 6.45) is 9.85. The van der Waals surface area contributed by atoms with Crippen molar-refractivity contribution in [2.24, 2.45) is 0 Å². The van der Waals surface area contributed by atoms with Crippen LogP contribution in [0.15, 0.2) is 43.0 Å². The van der Waals surface area contributed by atoms with Crippen molar-refractivity contribution in [1.82, 2.24) is 5.32 Å². The van der Waals surface area contributed by atoms with E-state index in [0.29, 0.717) is 11.5 Å². The first-order chi connectivity index (χ1) is 9.33. The van der Waals surface area contributed by atoms with Crippen molar-refractivity contribution in [3.8, 4) is 0 Å². The van der Waals surface area contributed by atoms with Crippen LogP contribution in [0.5, 0.6) is 0 Å². The lowest BCUT2D eigenvalue weighted by Gasteiger charge is -2.44. The van der Waals surface area contributed by atoms with Gasteiger partial charge in [0.15, 0.2) is 0 Å². The number of hydrogen-bond donors (Lipinski definition) is 1. The predicted molar refractivity (Wildman–Crippen MR) is 83.5 cm³/mol. The highest BCUT2D eigenvalue weighted by atomic mass is 14.9. The summed E-state index contributed by atoms with van der Waals surface area (Å²) in [5, 5.41) is 3.72. The first kappa shape index (κ1) is 14.3. The molecular formula is C18H27N. The summed E-state index contributed by atoms with van der Waals surface area (Å²) in [4.78, 5) is 0. The van der Waals surface area contributed by atoms with Gasteiger partial charge in [0.1, 0.15) is 0 Å². The number of hydrogen-bond acceptors (Lipinski definition) is 1. The lowest BCUT2D eigenvalue weighted by atomic mass is 9.64. The van der Waals surface area contributed by atoms with Gasteiger partial charge >= 0.3 is 0 Å². The van der Waals surface area contributed by atoms with Crippen molar-refractivity contribution in [3.63, 3.8) is 0 Å². The molecule has 0 aliphatic heterocycles. The lowest BCUT2D eigenvalue weighted by Crippen LogP contribution is -2.49. The summed E-state index contributed by atoms with van der Waals surface area (Å²) in [5.74, 6) is 0. The monoisotopic (exact) mass is 257 g/mol. The molecule has 1 heteroatoms. The first-order valence-corrected chi connectivity index (χ1v) is 7.73. The summed E-state index contributed by atoms with van der Waals surface area (Å²) >= 11 is 0. The Hall–Kier alpha value is -1.08. The van der Waals surface area contributed by atoms with E-state index in [9.17, 15) is 0 Å². The second-order valence-electron chi connectivity index (χ2n) is 5.72. The third-order valence-electron chi connectivity index (χ3n) is 4.61. The quantitative estimate of drug-likeness (QED) is 0.743. The van der Waals surface area contributed by atoms with E-state index in [1.54, 1.807) is 0 Å². The fourth-order valence-electron chi connectivity index (χ4n) is 3.71. The predicted octanol–water partition coefficient (Wildman–Crippen LogP) is 4.44. The Labute approximate surface area is 118 Å². The highest BCUT2D eigenvalue weighted by Crippen LogP contribution is 2.43. The molecule has 1 fully saturated rings.